The van der Waals surface area contributed by atoms with Gasteiger partial charge in [-0.2, -0.15) is 4.98 Å². The summed E-state index contributed by atoms with van der Waals surface area (Å²) in [4.78, 5) is 24.7. The van der Waals surface area contributed by atoms with Gasteiger partial charge < -0.3 is 34.2 Å². The van der Waals surface area contributed by atoms with Crippen LogP contribution in [0.1, 0.15) is 78.1 Å². The van der Waals surface area contributed by atoms with Crippen molar-refractivity contribution in [2.75, 3.05) is 38.8 Å². The molecule has 0 radical (unpaired) electrons. The van der Waals surface area contributed by atoms with Crippen molar-refractivity contribution in [2.24, 2.45) is 0 Å². The number of aliphatic hydroxyl groups is 1. The molecule has 2 aromatic heterocycles. The van der Waals surface area contributed by atoms with Crippen molar-refractivity contribution < 1.29 is 29.2 Å². The Kier molecular flexibility index (Phi) is 11.2. The van der Waals surface area contributed by atoms with Gasteiger partial charge in [0.15, 0.2) is 11.5 Å². The fourth-order valence-corrected chi connectivity index (χ4v) is 6.62. The molecule has 1 aliphatic rings. The lowest BCUT2D eigenvalue weighted by molar-refractivity contribution is 0.132. The number of rotatable bonds is 14. The van der Waals surface area contributed by atoms with E-state index in [1.165, 1.54) is 10.5 Å². The third kappa shape index (κ3) is 8.18. The van der Waals surface area contributed by atoms with E-state index in [9.17, 15) is 15.0 Å². The first-order valence-electron chi connectivity index (χ1n) is 17.4. The van der Waals surface area contributed by atoms with Crippen LogP contribution in [0.5, 0.6) is 17.5 Å². The molecule has 12 nitrogen and oxygen atoms in total. The molecule has 0 bridgehead atoms. The Labute approximate surface area is 298 Å². The number of nitrogens with zero attached hydrogens (tertiary/aromatic N) is 6. The van der Waals surface area contributed by atoms with Crippen LogP contribution in [0.4, 0.5) is 10.6 Å². The fourth-order valence-electron chi connectivity index (χ4n) is 6.62. The number of likely N-dealkylation sites (tertiary alicyclic amines) is 1. The monoisotopic (exact) mass is 694 g/mol. The molecule has 3 heterocycles. The Morgan fingerprint density at radius 2 is 1.59 bits per heavy atom. The molecule has 0 saturated carbocycles. The van der Waals surface area contributed by atoms with E-state index < -0.39 is 12.2 Å². The maximum absolute atomic E-state index is 11.8. The Morgan fingerprint density at radius 3 is 2.14 bits per heavy atom. The fraction of sp³-hybridized carbons (Fsp3) is 0.385. The van der Waals surface area contributed by atoms with Crippen LogP contribution in [-0.2, 0) is 13.1 Å². The lowest BCUT2D eigenvalue weighted by atomic mass is 9.85. The minimum atomic E-state index is -1.02. The van der Waals surface area contributed by atoms with E-state index in [1.807, 2.05) is 67.6 Å². The Balaban J connectivity index is 1.36. The number of methoxy groups -OCH3 is 2. The number of fused-ring (bicyclic) bond motifs is 1. The van der Waals surface area contributed by atoms with Gasteiger partial charge >= 0.3 is 12.1 Å². The van der Waals surface area contributed by atoms with E-state index >= 15 is 0 Å². The first-order valence-corrected chi connectivity index (χ1v) is 17.4. The second-order valence-electron chi connectivity index (χ2n) is 13.0. The van der Waals surface area contributed by atoms with Crippen molar-refractivity contribution in [1.29, 1.82) is 0 Å². The Hall–Kier alpha value is -5.36. The summed E-state index contributed by atoms with van der Waals surface area (Å²) in [5.74, 6) is 2.38. The molecule has 5 aromatic rings. The minimum absolute atomic E-state index is 0.200. The molecule has 3 aromatic carbocycles. The van der Waals surface area contributed by atoms with Crippen molar-refractivity contribution in [3.05, 3.63) is 106 Å². The first-order chi connectivity index (χ1) is 24.8. The summed E-state index contributed by atoms with van der Waals surface area (Å²) < 4.78 is 18.5. The van der Waals surface area contributed by atoms with Gasteiger partial charge in [0.25, 0.3) is 0 Å². The van der Waals surface area contributed by atoms with E-state index in [0.29, 0.717) is 55.5 Å². The molecule has 51 heavy (non-hydrogen) atoms. The Bertz CT molecular complexity index is 1870. The molecule has 268 valence electrons. The molecule has 0 spiro atoms. The van der Waals surface area contributed by atoms with Gasteiger partial charge in [-0.1, -0.05) is 55.8 Å². The molecule has 1 fully saturated rings. The standard InChI is InChI=1S/C39H46N6O6/c1-5-6-21-51-38-41-37(44(24-27-7-12-31(49-3)13-8-27)25-28-9-14-32(50-4)15-10-28)36-40-23-34(45(36)42-38)35(46)30-11-16-33(26(2)22-30)29-17-19-43(20-18-29)39(47)48/h7-16,22-23,29,35,46H,5-6,17-21,24-25H2,1-4H3,(H,47,48). The third-order valence-electron chi connectivity index (χ3n) is 9.54. The van der Waals surface area contributed by atoms with Crippen LogP contribution >= 0.6 is 0 Å². The normalized spacial score (nSPS) is 14.0. The van der Waals surface area contributed by atoms with Crippen LogP contribution in [-0.4, -0.2) is 74.7 Å². The van der Waals surface area contributed by atoms with Gasteiger partial charge in [-0.05, 0) is 84.2 Å². The molecule has 2 N–H and O–H groups in total. The number of carbonyl (C=O) groups is 1. The highest BCUT2D eigenvalue weighted by Gasteiger charge is 2.27. The van der Waals surface area contributed by atoms with Gasteiger partial charge in [-0.25, -0.2) is 14.3 Å². The number of unbranched alkanes of at least 4 members (excludes halogenated alkanes) is 1. The average Bonchev–Trinajstić information content (AvgIpc) is 3.58. The van der Waals surface area contributed by atoms with Crippen LogP contribution in [0.15, 0.2) is 72.9 Å². The summed E-state index contributed by atoms with van der Waals surface area (Å²) in [6.45, 7) is 6.65. The summed E-state index contributed by atoms with van der Waals surface area (Å²) in [5, 5.41) is 25.9. The molecule has 0 aliphatic carbocycles. The maximum Gasteiger partial charge on any atom is 0.407 e. The molecular formula is C39H46N6O6. The topological polar surface area (TPSA) is 135 Å². The minimum Gasteiger partial charge on any atom is -0.497 e. The smallest absolute Gasteiger partial charge is 0.407 e. The van der Waals surface area contributed by atoms with Gasteiger partial charge in [0.2, 0.25) is 0 Å². The number of ether oxygens (including phenoxy) is 3. The number of hydrogen-bond donors (Lipinski definition) is 2. The predicted molar refractivity (Wildman–Crippen MR) is 194 cm³/mol. The summed E-state index contributed by atoms with van der Waals surface area (Å²) >= 11 is 0. The van der Waals surface area contributed by atoms with E-state index in [4.69, 9.17) is 29.3 Å². The van der Waals surface area contributed by atoms with E-state index in [-0.39, 0.29) is 11.9 Å². The highest BCUT2D eigenvalue weighted by molar-refractivity contribution is 5.66. The number of anilines is 1. The predicted octanol–water partition coefficient (Wildman–Crippen LogP) is 6.77. The van der Waals surface area contributed by atoms with Gasteiger partial charge in [0, 0.05) is 26.2 Å². The highest BCUT2D eigenvalue weighted by Crippen LogP contribution is 2.34. The van der Waals surface area contributed by atoms with Crippen LogP contribution in [0, 0.1) is 6.92 Å². The second kappa shape index (κ2) is 16.1. The maximum atomic E-state index is 11.8. The van der Waals surface area contributed by atoms with E-state index in [1.54, 1.807) is 24.9 Å². The quantitative estimate of drug-likeness (QED) is 0.120. The van der Waals surface area contributed by atoms with E-state index in [2.05, 4.69) is 17.9 Å². The number of hydrogen-bond acceptors (Lipinski definition) is 9. The summed E-state index contributed by atoms with van der Waals surface area (Å²) in [7, 11) is 3.30. The summed E-state index contributed by atoms with van der Waals surface area (Å²) in [5.41, 5.74) is 6.02. The van der Waals surface area contributed by atoms with Gasteiger partial charge in [0.05, 0.1) is 32.7 Å². The van der Waals surface area contributed by atoms with Crippen LogP contribution < -0.4 is 19.1 Å². The molecule has 1 unspecified atom stereocenters. The molecule has 1 aliphatic heterocycles. The Morgan fingerprint density at radius 1 is 0.961 bits per heavy atom. The number of imidazole rings is 1. The largest absolute Gasteiger partial charge is 0.497 e. The van der Waals surface area contributed by atoms with Crippen LogP contribution in [0.25, 0.3) is 5.65 Å². The van der Waals surface area contributed by atoms with Crippen LogP contribution in [0.3, 0.4) is 0 Å². The average molecular weight is 695 g/mol. The van der Waals surface area contributed by atoms with Crippen LogP contribution in [0.2, 0.25) is 0 Å². The van der Waals surface area contributed by atoms with Gasteiger partial charge in [-0.15, -0.1) is 5.10 Å². The SMILES string of the molecule is CCCCOc1nc(N(Cc2ccc(OC)cc2)Cc2ccc(OC)cc2)c2ncc(C(O)c3ccc(C4CCN(C(=O)O)CC4)c(C)c3)n2n1. The first kappa shape index (κ1) is 35.5. The molecule has 1 atom stereocenters. The zero-order valence-corrected chi connectivity index (χ0v) is 29.7. The molecular weight excluding hydrogens is 648 g/mol. The number of benzene rings is 3. The molecule has 1 saturated heterocycles. The highest BCUT2D eigenvalue weighted by atomic mass is 16.5. The number of aryl methyl sites for hydroxylation is 1. The lowest BCUT2D eigenvalue weighted by Gasteiger charge is -2.31. The van der Waals surface area contributed by atoms with Crippen molar-refractivity contribution in [2.45, 2.75) is 64.6 Å². The second-order valence-corrected chi connectivity index (χ2v) is 13.0. The van der Waals surface area contributed by atoms with Crippen molar-refractivity contribution in [1.82, 2.24) is 24.5 Å². The number of aliphatic hydroxyl groups excluding tert-OH is 1. The number of amides is 1. The zero-order chi connectivity index (χ0) is 35.9. The van der Waals surface area contributed by atoms with Crippen molar-refractivity contribution >= 4 is 17.6 Å². The molecule has 12 heteroatoms. The van der Waals surface area contributed by atoms with E-state index in [0.717, 1.165) is 53.9 Å². The summed E-state index contributed by atoms with van der Waals surface area (Å²) in [6.07, 6.45) is 3.10. The zero-order valence-electron chi connectivity index (χ0n) is 29.7. The number of aromatic nitrogens is 4. The molecule has 1 amide bonds. The molecule has 6 rings (SSSR count). The van der Waals surface area contributed by atoms with Crippen molar-refractivity contribution in [3.63, 3.8) is 0 Å². The van der Waals surface area contributed by atoms with Gasteiger partial charge in [-0.3, -0.25) is 0 Å². The third-order valence-corrected chi connectivity index (χ3v) is 9.54. The number of piperidine rings is 1. The summed E-state index contributed by atoms with van der Waals surface area (Å²) in [6, 6.07) is 22.1. The van der Waals surface area contributed by atoms with Gasteiger partial charge in [0.1, 0.15) is 17.6 Å². The number of carboxylic acid groups (broad SMARTS) is 1. The van der Waals surface area contributed by atoms with Crippen molar-refractivity contribution in [3.8, 4) is 17.5 Å². The lowest BCUT2D eigenvalue weighted by Crippen LogP contribution is -2.36.